The molecule has 1 saturated carbocycles. The molecule has 2 fully saturated rings. The first-order valence-corrected chi connectivity index (χ1v) is 9.91. The molecule has 2 aromatic carbocycles. The fourth-order valence-electron chi connectivity index (χ4n) is 4.06. The van der Waals surface area contributed by atoms with E-state index in [9.17, 15) is 9.90 Å². The molecule has 2 heterocycles. The van der Waals surface area contributed by atoms with Crippen LogP contribution in [0.15, 0.2) is 59.1 Å². The Bertz CT molecular complexity index is 1020. The van der Waals surface area contributed by atoms with Gasteiger partial charge in [0.2, 0.25) is 0 Å². The monoisotopic (exact) mass is 390 g/mol. The minimum Gasteiger partial charge on any atom is -0.508 e. The maximum absolute atomic E-state index is 13.4. The first kappa shape index (κ1) is 18.1. The Morgan fingerprint density at radius 1 is 1.07 bits per heavy atom. The lowest BCUT2D eigenvalue weighted by atomic mass is 9.87. The van der Waals surface area contributed by atoms with Gasteiger partial charge in [0.05, 0.1) is 17.6 Å². The molecule has 6 nitrogen and oxygen atoms in total. The molecule has 1 unspecified atom stereocenters. The number of carbonyl (C=O) groups is 1. The van der Waals surface area contributed by atoms with E-state index in [-0.39, 0.29) is 11.5 Å². The molecule has 0 radical (unpaired) electrons. The van der Waals surface area contributed by atoms with Gasteiger partial charge in [-0.3, -0.25) is 4.79 Å². The third kappa shape index (κ3) is 3.14. The highest BCUT2D eigenvalue weighted by Crippen LogP contribution is 2.54. The van der Waals surface area contributed by atoms with Gasteiger partial charge in [-0.1, -0.05) is 35.5 Å². The van der Waals surface area contributed by atoms with Crippen LogP contribution in [0.1, 0.15) is 18.6 Å². The van der Waals surface area contributed by atoms with Crippen molar-refractivity contribution in [3.8, 4) is 28.1 Å². The number of aromatic nitrogens is 1. The van der Waals surface area contributed by atoms with Gasteiger partial charge in [-0.05, 0) is 42.7 Å². The molecular formula is C23H22N2O4. The van der Waals surface area contributed by atoms with Crippen LogP contribution in [0.25, 0.3) is 22.4 Å². The zero-order valence-corrected chi connectivity index (χ0v) is 15.9. The van der Waals surface area contributed by atoms with E-state index in [2.05, 4.69) is 10.5 Å². The number of phenols is 1. The number of nitrogens with zero attached hydrogens (tertiary/aromatic N) is 1. The number of nitrogens with one attached hydrogen (secondary N) is 1. The quantitative estimate of drug-likeness (QED) is 0.695. The molecule has 1 aromatic heterocycles. The van der Waals surface area contributed by atoms with Crippen LogP contribution >= 0.6 is 0 Å². The Hall–Kier alpha value is -2.96. The molecule has 2 aliphatic rings. The van der Waals surface area contributed by atoms with Crippen LogP contribution in [0.5, 0.6) is 5.75 Å². The first-order chi connectivity index (χ1) is 14.2. The Balaban J connectivity index is 1.62. The van der Waals surface area contributed by atoms with Crippen molar-refractivity contribution in [2.24, 2.45) is 0 Å². The summed E-state index contributed by atoms with van der Waals surface area (Å²) in [6.45, 7) is 1.83. The molecule has 0 spiro atoms. The van der Waals surface area contributed by atoms with Gasteiger partial charge < -0.3 is 19.7 Å². The first-order valence-electron chi connectivity index (χ1n) is 9.91. The summed E-state index contributed by atoms with van der Waals surface area (Å²) in [5.74, 6) is 0.871. The molecule has 0 amide bonds. The standard InChI is InChI=1S/C23H22N2O4/c26-17-8-6-16(7-9-17)20-19(15-4-2-1-3-5-15)22(29-25-20)23(10-11-23)21(27)18-14-24-12-13-28-18/h1-9,18,24,26H,10-14H2. The van der Waals surface area contributed by atoms with Crippen molar-refractivity contribution in [3.05, 3.63) is 60.4 Å². The highest BCUT2D eigenvalue weighted by atomic mass is 16.5. The lowest BCUT2D eigenvalue weighted by molar-refractivity contribution is -0.135. The van der Waals surface area contributed by atoms with Crippen molar-refractivity contribution in [2.45, 2.75) is 24.4 Å². The fraction of sp³-hybridized carbons (Fsp3) is 0.304. The maximum Gasteiger partial charge on any atom is 0.176 e. The summed E-state index contributed by atoms with van der Waals surface area (Å²) in [7, 11) is 0. The highest BCUT2D eigenvalue weighted by Gasteiger charge is 2.58. The van der Waals surface area contributed by atoms with Gasteiger partial charge in [0, 0.05) is 18.7 Å². The number of carbonyl (C=O) groups excluding carboxylic acids is 1. The zero-order chi connectivity index (χ0) is 19.8. The number of hydrogen-bond donors (Lipinski definition) is 2. The van der Waals surface area contributed by atoms with Crippen molar-refractivity contribution in [1.82, 2.24) is 10.5 Å². The van der Waals surface area contributed by atoms with E-state index < -0.39 is 11.5 Å². The van der Waals surface area contributed by atoms with Gasteiger partial charge in [-0.2, -0.15) is 0 Å². The number of benzene rings is 2. The number of ether oxygens (including phenoxy) is 1. The van der Waals surface area contributed by atoms with Gasteiger partial charge in [-0.25, -0.2) is 0 Å². The number of ketones is 1. The van der Waals surface area contributed by atoms with Crippen molar-refractivity contribution in [3.63, 3.8) is 0 Å². The lowest BCUT2D eigenvalue weighted by Crippen LogP contribution is -2.46. The normalized spacial score (nSPS) is 20.3. The Labute approximate surface area is 168 Å². The third-order valence-electron chi connectivity index (χ3n) is 5.77. The average Bonchev–Trinajstić information content (AvgIpc) is 3.46. The zero-order valence-electron chi connectivity index (χ0n) is 15.9. The van der Waals surface area contributed by atoms with E-state index in [0.29, 0.717) is 24.6 Å². The predicted molar refractivity (Wildman–Crippen MR) is 108 cm³/mol. The summed E-state index contributed by atoms with van der Waals surface area (Å²) in [6.07, 6.45) is 1.00. The fourth-order valence-corrected chi connectivity index (χ4v) is 4.06. The minimum atomic E-state index is -0.684. The molecule has 29 heavy (non-hydrogen) atoms. The van der Waals surface area contributed by atoms with E-state index in [1.54, 1.807) is 24.3 Å². The van der Waals surface area contributed by atoms with Crippen molar-refractivity contribution in [2.75, 3.05) is 19.7 Å². The number of hydrogen-bond acceptors (Lipinski definition) is 6. The van der Waals surface area contributed by atoms with E-state index in [4.69, 9.17) is 9.26 Å². The van der Waals surface area contributed by atoms with Gasteiger partial charge >= 0.3 is 0 Å². The van der Waals surface area contributed by atoms with Crippen LogP contribution in [-0.4, -0.2) is 41.8 Å². The van der Waals surface area contributed by atoms with E-state index >= 15 is 0 Å². The molecule has 1 saturated heterocycles. The van der Waals surface area contributed by atoms with Crippen LogP contribution in [0, 0.1) is 0 Å². The van der Waals surface area contributed by atoms with Gasteiger partial charge in [0.15, 0.2) is 11.5 Å². The molecule has 148 valence electrons. The van der Waals surface area contributed by atoms with Crippen LogP contribution in [-0.2, 0) is 14.9 Å². The molecule has 1 atom stereocenters. The largest absolute Gasteiger partial charge is 0.508 e. The number of rotatable bonds is 5. The molecular weight excluding hydrogens is 368 g/mol. The maximum atomic E-state index is 13.4. The summed E-state index contributed by atoms with van der Waals surface area (Å²) in [5.41, 5.74) is 2.61. The second kappa shape index (κ2) is 7.13. The highest BCUT2D eigenvalue weighted by molar-refractivity contribution is 5.99. The van der Waals surface area contributed by atoms with Gasteiger partial charge in [0.25, 0.3) is 0 Å². The number of morpholine rings is 1. The molecule has 1 aliphatic carbocycles. The third-order valence-corrected chi connectivity index (χ3v) is 5.77. The Morgan fingerprint density at radius 2 is 1.83 bits per heavy atom. The number of Topliss-reactive ketones (excluding diaryl/α,β-unsaturated/α-hetero) is 1. The topological polar surface area (TPSA) is 84.6 Å². The average molecular weight is 390 g/mol. The van der Waals surface area contributed by atoms with Crippen molar-refractivity contribution in [1.29, 1.82) is 0 Å². The summed E-state index contributed by atoms with van der Waals surface area (Å²) < 4.78 is 11.6. The van der Waals surface area contributed by atoms with Gasteiger partial charge in [-0.15, -0.1) is 0 Å². The predicted octanol–water partition coefficient (Wildman–Crippen LogP) is 3.30. The van der Waals surface area contributed by atoms with Crippen LogP contribution < -0.4 is 5.32 Å². The Morgan fingerprint density at radius 3 is 2.48 bits per heavy atom. The molecule has 0 bridgehead atoms. The number of phenolic OH excluding ortho intramolecular Hbond substituents is 1. The van der Waals surface area contributed by atoms with Crippen LogP contribution in [0.3, 0.4) is 0 Å². The smallest absolute Gasteiger partial charge is 0.176 e. The number of aromatic hydroxyl groups is 1. The minimum absolute atomic E-state index is 0.0651. The van der Waals surface area contributed by atoms with E-state index in [0.717, 1.165) is 36.1 Å². The van der Waals surface area contributed by atoms with Crippen LogP contribution in [0.4, 0.5) is 0 Å². The molecule has 1 aliphatic heterocycles. The SMILES string of the molecule is O=C(C1CNCCO1)C1(c2onc(-c3ccc(O)cc3)c2-c2ccccc2)CC1. The second-order valence-electron chi connectivity index (χ2n) is 7.66. The van der Waals surface area contributed by atoms with Crippen molar-refractivity contribution >= 4 is 5.78 Å². The van der Waals surface area contributed by atoms with Gasteiger partial charge in [0.1, 0.15) is 17.5 Å². The lowest BCUT2D eigenvalue weighted by Gasteiger charge is -2.25. The Kier molecular flexibility index (Phi) is 4.45. The second-order valence-corrected chi connectivity index (χ2v) is 7.66. The summed E-state index contributed by atoms with van der Waals surface area (Å²) in [6, 6.07) is 16.7. The molecule has 6 heteroatoms. The summed E-state index contributed by atoms with van der Waals surface area (Å²) in [4.78, 5) is 13.4. The molecule has 3 aromatic rings. The molecule has 2 N–H and O–H groups in total. The van der Waals surface area contributed by atoms with Crippen molar-refractivity contribution < 1.29 is 19.2 Å². The van der Waals surface area contributed by atoms with E-state index in [1.807, 2.05) is 30.3 Å². The summed E-state index contributed by atoms with van der Waals surface area (Å²) in [5, 5.41) is 17.2. The molecule has 5 rings (SSSR count). The van der Waals surface area contributed by atoms with E-state index in [1.165, 1.54) is 0 Å². The summed E-state index contributed by atoms with van der Waals surface area (Å²) >= 11 is 0. The van der Waals surface area contributed by atoms with Crippen LogP contribution in [0.2, 0.25) is 0 Å².